The molecule has 0 spiro atoms. The highest BCUT2D eigenvalue weighted by Gasteiger charge is 2.15. The molecular weight excluding hydrogens is 288 g/mol. The molecule has 1 heterocycles. The van der Waals surface area contributed by atoms with Crippen LogP contribution in [0.2, 0.25) is 5.02 Å². The highest BCUT2D eigenvalue weighted by Crippen LogP contribution is 2.15. The molecule has 110 valence electrons. The topological polar surface area (TPSA) is 68.2 Å². The average Bonchev–Trinajstić information content (AvgIpc) is 2.50. The summed E-state index contributed by atoms with van der Waals surface area (Å²) in [5.41, 5.74) is 0.645. The summed E-state index contributed by atoms with van der Waals surface area (Å²) in [6.45, 7) is 1.71. The van der Waals surface area contributed by atoms with Crippen molar-refractivity contribution in [2.24, 2.45) is 0 Å². The van der Waals surface area contributed by atoms with Crippen molar-refractivity contribution in [3.8, 4) is 6.07 Å². The first-order valence-corrected chi connectivity index (χ1v) is 7.25. The van der Waals surface area contributed by atoms with E-state index in [4.69, 9.17) is 16.9 Å². The fourth-order valence-electron chi connectivity index (χ4n) is 2.21. The Balaban J connectivity index is 1.96. The minimum absolute atomic E-state index is 0.371. The van der Waals surface area contributed by atoms with Crippen molar-refractivity contribution in [3.05, 3.63) is 41.2 Å². The van der Waals surface area contributed by atoms with Crippen LogP contribution >= 0.6 is 11.6 Å². The molecule has 1 aliphatic heterocycles. The summed E-state index contributed by atoms with van der Waals surface area (Å²) in [5, 5.41) is 14.9. The molecule has 21 heavy (non-hydrogen) atoms. The quantitative estimate of drug-likeness (QED) is 0.842. The number of allylic oxidation sites excluding steroid dienone is 1. The van der Waals surface area contributed by atoms with Gasteiger partial charge >= 0.3 is 6.03 Å². The first-order valence-electron chi connectivity index (χ1n) is 6.87. The molecule has 0 saturated carbocycles. The zero-order valence-corrected chi connectivity index (χ0v) is 12.4. The fraction of sp³-hybridized carbons (Fsp3) is 0.333. The Hall–Kier alpha value is -2.19. The second-order valence-corrected chi connectivity index (χ2v) is 5.23. The van der Waals surface area contributed by atoms with Crippen LogP contribution in [0.15, 0.2) is 36.2 Å². The van der Waals surface area contributed by atoms with E-state index in [1.54, 1.807) is 24.3 Å². The number of urea groups is 1. The Morgan fingerprint density at radius 1 is 1.24 bits per heavy atom. The summed E-state index contributed by atoms with van der Waals surface area (Å²) in [6, 6.07) is 8.45. The van der Waals surface area contributed by atoms with Crippen molar-refractivity contribution in [1.82, 2.24) is 10.2 Å². The molecule has 5 nitrogen and oxygen atoms in total. The summed E-state index contributed by atoms with van der Waals surface area (Å²) in [4.78, 5) is 14.0. The summed E-state index contributed by atoms with van der Waals surface area (Å²) in [6.07, 6.45) is 4.70. The van der Waals surface area contributed by atoms with E-state index in [2.05, 4.69) is 10.6 Å². The summed E-state index contributed by atoms with van der Waals surface area (Å²) >= 11 is 5.80. The molecule has 2 amide bonds. The molecule has 0 aromatic heterocycles. The van der Waals surface area contributed by atoms with E-state index in [-0.39, 0.29) is 6.03 Å². The lowest BCUT2D eigenvalue weighted by Crippen LogP contribution is -2.39. The standard InChI is InChI=1S/C15H17ClN4O/c16-12-4-6-13(7-5-12)18-15(21)19-14(8-9-17)20-10-2-1-3-11-20/h4-8H,1-3,10-11H2,(H2,18,19,21)/b14-8-. The van der Waals surface area contributed by atoms with E-state index in [0.717, 1.165) is 25.9 Å². The minimum atomic E-state index is -0.371. The van der Waals surface area contributed by atoms with Crippen LogP contribution in [-0.4, -0.2) is 24.0 Å². The first kappa shape index (κ1) is 15.2. The highest BCUT2D eigenvalue weighted by atomic mass is 35.5. The number of benzene rings is 1. The van der Waals surface area contributed by atoms with Crippen LogP contribution in [0, 0.1) is 11.3 Å². The SMILES string of the molecule is N#C/C=C(/NC(=O)Nc1ccc(Cl)cc1)N1CCCCC1. The Kier molecular flexibility index (Phi) is 5.47. The zero-order valence-electron chi connectivity index (χ0n) is 11.6. The van der Waals surface area contributed by atoms with E-state index in [0.29, 0.717) is 16.5 Å². The molecule has 0 aliphatic carbocycles. The van der Waals surface area contributed by atoms with Crippen molar-refractivity contribution in [3.63, 3.8) is 0 Å². The molecule has 2 rings (SSSR count). The molecular formula is C15H17ClN4O. The number of nitrogens with zero attached hydrogens (tertiary/aromatic N) is 2. The average molecular weight is 305 g/mol. The van der Waals surface area contributed by atoms with Crippen molar-refractivity contribution >= 4 is 23.3 Å². The number of halogens is 1. The number of carbonyl (C=O) groups excluding carboxylic acids is 1. The number of anilines is 1. The van der Waals surface area contributed by atoms with Crippen molar-refractivity contribution in [2.75, 3.05) is 18.4 Å². The molecule has 0 atom stereocenters. The van der Waals surface area contributed by atoms with Crippen LogP contribution < -0.4 is 10.6 Å². The zero-order chi connectivity index (χ0) is 15.1. The highest BCUT2D eigenvalue weighted by molar-refractivity contribution is 6.30. The maximum atomic E-state index is 12.0. The fourth-order valence-corrected chi connectivity index (χ4v) is 2.34. The number of piperidine rings is 1. The van der Waals surface area contributed by atoms with E-state index < -0.39 is 0 Å². The molecule has 1 aromatic rings. The number of nitriles is 1. The van der Waals surface area contributed by atoms with E-state index in [1.165, 1.54) is 12.5 Å². The number of rotatable bonds is 3. The number of nitrogens with one attached hydrogen (secondary N) is 2. The van der Waals surface area contributed by atoms with Gasteiger partial charge in [-0.3, -0.25) is 5.32 Å². The van der Waals surface area contributed by atoms with Gasteiger partial charge in [-0.05, 0) is 43.5 Å². The molecule has 1 saturated heterocycles. The van der Waals surface area contributed by atoms with Gasteiger partial charge in [-0.1, -0.05) is 11.6 Å². The van der Waals surface area contributed by atoms with Crippen LogP contribution in [-0.2, 0) is 0 Å². The van der Waals surface area contributed by atoms with E-state index in [1.807, 2.05) is 11.0 Å². The molecule has 1 fully saturated rings. The number of hydrogen-bond donors (Lipinski definition) is 2. The van der Waals surface area contributed by atoms with Crippen molar-refractivity contribution in [2.45, 2.75) is 19.3 Å². The van der Waals surface area contributed by atoms with Crippen molar-refractivity contribution in [1.29, 1.82) is 5.26 Å². The number of amides is 2. The molecule has 1 aliphatic rings. The Morgan fingerprint density at radius 2 is 1.90 bits per heavy atom. The Morgan fingerprint density at radius 3 is 2.52 bits per heavy atom. The number of carbonyl (C=O) groups is 1. The van der Waals surface area contributed by atoms with Gasteiger partial charge in [-0.15, -0.1) is 0 Å². The largest absolute Gasteiger partial charge is 0.357 e. The third-order valence-electron chi connectivity index (χ3n) is 3.24. The lowest BCUT2D eigenvalue weighted by molar-refractivity contribution is 0.240. The number of likely N-dealkylation sites (tertiary alicyclic amines) is 1. The van der Waals surface area contributed by atoms with Crippen LogP contribution in [0.1, 0.15) is 19.3 Å². The van der Waals surface area contributed by atoms with Crippen LogP contribution in [0.5, 0.6) is 0 Å². The number of hydrogen-bond acceptors (Lipinski definition) is 3. The molecule has 0 unspecified atom stereocenters. The molecule has 6 heteroatoms. The second-order valence-electron chi connectivity index (χ2n) is 4.79. The predicted octanol–water partition coefficient (Wildman–Crippen LogP) is 3.31. The van der Waals surface area contributed by atoms with Gasteiger partial charge in [-0.25, -0.2) is 4.79 Å². The van der Waals surface area contributed by atoms with Crippen LogP contribution in [0.3, 0.4) is 0 Å². The predicted molar refractivity (Wildman–Crippen MR) is 82.7 cm³/mol. The van der Waals surface area contributed by atoms with E-state index >= 15 is 0 Å². The summed E-state index contributed by atoms with van der Waals surface area (Å²) in [5.74, 6) is 0.545. The molecule has 0 bridgehead atoms. The monoisotopic (exact) mass is 304 g/mol. The van der Waals surface area contributed by atoms with Crippen LogP contribution in [0.4, 0.5) is 10.5 Å². The van der Waals surface area contributed by atoms with Crippen molar-refractivity contribution < 1.29 is 4.79 Å². The second kappa shape index (κ2) is 7.55. The van der Waals surface area contributed by atoms with Gasteiger partial charge in [0, 0.05) is 23.8 Å². The summed E-state index contributed by atoms with van der Waals surface area (Å²) < 4.78 is 0. The first-order chi connectivity index (χ1) is 10.2. The Labute approximate surface area is 129 Å². The normalized spacial score (nSPS) is 15.2. The molecule has 2 N–H and O–H groups in total. The van der Waals surface area contributed by atoms with Gasteiger partial charge < -0.3 is 10.2 Å². The smallest absolute Gasteiger partial charge is 0.324 e. The van der Waals surface area contributed by atoms with Gasteiger partial charge in [0.1, 0.15) is 5.82 Å². The third-order valence-corrected chi connectivity index (χ3v) is 3.49. The van der Waals surface area contributed by atoms with Gasteiger partial charge in [0.05, 0.1) is 12.1 Å². The minimum Gasteiger partial charge on any atom is -0.357 e. The van der Waals surface area contributed by atoms with Crippen LogP contribution in [0.25, 0.3) is 0 Å². The lowest BCUT2D eigenvalue weighted by Gasteiger charge is -2.30. The summed E-state index contributed by atoms with van der Waals surface area (Å²) in [7, 11) is 0. The van der Waals surface area contributed by atoms with Gasteiger partial charge in [0.2, 0.25) is 0 Å². The molecule has 0 radical (unpaired) electrons. The maximum absolute atomic E-state index is 12.0. The van der Waals surface area contributed by atoms with Gasteiger partial charge in [0.25, 0.3) is 0 Å². The van der Waals surface area contributed by atoms with Gasteiger partial charge in [-0.2, -0.15) is 5.26 Å². The molecule has 1 aromatic carbocycles. The van der Waals surface area contributed by atoms with Gasteiger partial charge in [0.15, 0.2) is 0 Å². The van der Waals surface area contributed by atoms with E-state index in [9.17, 15) is 4.79 Å². The maximum Gasteiger partial charge on any atom is 0.324 e. The third kappa shape index (κ3) is 4.69. The Bertz CT molecular complexity index is 556. The lowest BCUT2D eigenvalue weighted by atomic mass is 10.1.